The minimum absolute atomic E-state index is 0.0747. The zero-order valence-electron chi connectivity index (χ0n) is 13.6. The third kappa shape index (κ3) is 3.18. The Kier molecular flexibility index (Phi) is 4.15. The number of aryl methyl sites for hydroxylation is 1. The van der Waals surface area contributed by atoms with Crippen LogP contribution in [0.1, 0.15) is 46.2 Å². The van der Waals surface area contributed by atoms with Gasteiger partial charge in [0.25, 0.3) is 0 Å². The van der Waals surface area contributed by atoms with Crippen LogP contribution in [0, 0.1) is 13.8 Å². The van der Waals surface area contributed by atoms with Crippen molar-refractivity contribution in [3.63, 3.8) is 0 Å². The highest BCUT2D eigenvalue weighted by atomic mass is 19.4. The smallest absolute Gasteiger partial charge is 0.377 e. The largest absolute Gasteiger partial charge is 0.418 e. The number of nitrogens with one attached hydrogen (secondary N) is 1. The van der Waals surface area contributed by atoms with E-state index in [0.29, 0.717) is 11.6 Å². The highest BCUT2D eigenvalue weighted by Crippen LogP contribution is 2.38. The summed E-state index contributed by atoms with van der Waals surface area (Å²) in [6, 6.07) is 7.48. The molecule has 2 aromatic rings. The molecule has 1 aromatic heterocycles. The van der Waals surface area contributed by atoms with Gasteiger partial charge in [0.15, 0.2) is 5.78 Å². The molecule has 1 aromatic carbocycles. The summed E-state index contributed by atoms with van der Waals surface area (Å²) in [5.41, 5.74) is 1.66. The summed E-state index contributed by atoms with van der Waals surface area (Å²) in [5.74, 6) is -0.202. The summed E-state index contributed by atoms with van der Waals surface area (Å²) in [6.07, 6.45) is -2.23. The molecule has 0 bridgehead atoms. The molecule has 0 aliphatic heterocycles. The van der Waals surface area contributed by atoms with E-state index in [1.165, 1.54) is 18.2 Å². The van der Waals surface area contributed by atoms with Crippen LogP contribution in [0.4, 0.5) is 18.9 Å². The third-order valence-corrected chi connectivity index (χ3v) is 4.37. The molecule has 0 radical (unpaired) electrons. The van der Waals surface area contributed by atoms with Crippen LogP contribution in [0.25, 0.3) is 0 Å². The lowest BCUT2D eigenvalue weighted by atomic mass is 10.1. The molecule has 128 valence electrons. The first-order valence-electron chi connectivity index (χ1n) is 7.90. The highest BCUT2D eigenvalue weighted by Gasteiger charge is 2.33. The highest BCUT2D eigenvalue weighted by molar-refractivity contribution is 6.00. The third-order valence-electron chi connectivity index (χ3n) is 4.37. The van der Waals surface area contributed by atoms with E-state index in [4.69, 9.17) is 0 Å². The molecule has 1 heterocycles. The number of hydrogen-bond donors (Lipinski definition) is 1. The van der Waals surface area contributed by atoms with Crippen molar-refractivity contribution in [2.45, 2.75) is 38.9 Å². The molecule has 1 N–H and O–H groups in total. The summed E-state index contributed by atoms with van der Waals surface area (Å²) in [4.78, 5) is 12.5. The number of nitrogens with zero attached hydrogens (tertiary/aromatic N) is 1. The molecule has 1 aliphatic carbocycles. The van der Waals surface area contributed by atoms with Crippen molar-refractivity contribution in [1.29, 1.82) is 0 Å². The van der Waals surface area contributed by atoms with Crippen molar-refractivity contribution in [3.8, 4) is 0 Å². The SMILES string of the molecule is Cc1cc(C(=O)CNc2ccccc2C(F)(F)F)c(C)n1C1CC1. The molecule has 0 spiro atoms. The van der Waals surface area contributed by atoms with Crippen LogP contribution in [0.3, 0.4) is 0 Å². The fraction of sp³-hybridized carbons (Fsp3) is 0.389. The molecule has 0 amide bonds. The molecule has 1 aliphatic rings. The van der Waals surface area contributed by atoms with Crippen molar-refractivity contribution in [2.24, 2.45) is 0 Å². The second-order valence-corrected chi connectivity index (χ2v) is 6.21. The summed E-state index contributed by atoms with van der Waals surface area (Å²) in [5, 5.41) is 2.64. The fourth-order valence-corrected chi connectivity index (χ4v) is 3.11. The Labute approximate surface area is 138 Å². The van der Waals surface area contributed by atoms with Crippen LogP contribution in [-0.2, 0) is 6.18 Å². The Hall–Kier alpha value is -2.24. The Morgan fingerprint density at radius 1 is 1.25 bits per heavy atom. The molecule has 1 saturated carbocycles. The van der Waals surface area contributed by atoms with E-state index in [-0.39, 0.29) is 18.0 Å². The molecule has 3 rings (SSSR count). The van der Waals surface area contributed by atoms with Crippen LogP contribution in [-0.4, -0.2) is 16.9 Å². The number of anilines is 1. The van der Waals surface area contributed by atoms with Crippen LogP contribution < -0.4 is 5.32 Å². The van der Waals surface area contributed by atoms with Gasteiger partial charge in [-0.2, -0.15) is 13.2 Å². The number of benzene rings is 1. The molecule has 24 heavy (non-hydrogen) atoms. The number of ketones is 1. The standard InChI is InChI=1S/C18H19F3N2O/c1-11-9-14(12(2)23(11)13-7-8-13)17(24)10-22-16-6-4-3-5-15(16)18(19,20)21/h3-6,9,13,22H,7-8,10H2,1-2H3. The van der Waals surface area contributed by atoms with Crippen LogP contribution in [0.5, 0.6) is 0 Å². The average molecular weight is 336 g/mol. The van der Waals surface area contributed by atoms with Gasteiger partial charge < -0.3 is 9.88 Å². The van der Waals surface area contributed by atoms with E-state index in [1.807, 2.05) is 19.9 Å². The van der Waals surface area contributed by atoms with E-state index < -0.39 is 11.7 Å². The zero-order valence-corrected chi connectivity index (χ0v) is 13.6. The first-order chi connectivity index (χ1) is 11.3. The van der Waals surface area contributed by atoms with E-state index in [9.17, 15) is 18.0 Å². The first kappa shape index (κ1) is 16.6. The van der Waals surface area contributed by atoms with Crippen molar-refractivity contribution >= 4 is 11.5 Å². The van der Waals surface area contributed by atoms with Crippen molar-refractivity contribution in [2.75, 3.05) is 11.9 Å². The van der Waals surface area contributed by atoms with Gasteiger partial charge in [-0.05, 0) is 44.9 Å². The molecule has 0 saturated heterocycles. The number of alkyl halides is 3. The Morgan fingerprint density at radius 3 is 2.54 bits per heavy atom. The van der Waals surface area contributed by atoms with Gasteiger partial charge in [-0.1, -0.05) is 12.1 Å². The Bertz CT molecular complexity index is 773. The predicted molar refractivity (Wildman–Crippen MR) is 86.4 cm³/mol. The fourth-order valence-electron chi connectivity index (χ4n) is 3.11. The minimum Gasteiger partial charge on any atom is -0.377 e. The lowest BCUT2D eigenvalue weighted by Crippen LogP contribution is -2.18. The zero-order chi connectivity index (χ0) is 17.5. The molecule has 6 heteroatoms. The van der Waals surface area contributed by atoms with Gasteiger partial charge >= 0.3 is 6.18 Å². The minimum atomic E-state index is -4.45. The number of Topliss-reactive ketones (excluding diaryl/α,β-unsaturated/α-hetero) is 1. The topological polar surface area (TPSA) is 34.0 Å². The number of rotatable bonds is 5. The lowest BCUT2D eigenvalue weighted by Gasteiger charge is -2.14. The molecule has 0 atom stereocenters. The number of para-hydroxylation sites is 1. The van der Waals surface area contributed by atoms with Crippen LogP contribution in [0.15, 0.2) is 30.3 Å². The van der Waals surface area contributed by atoms with Gasteiger partial charge in [0.1, 0.15) is 0 Å². The number of carbonyl (C=O) groups excluding carboxylic acids is 1. The monoisotopic (exact) mass is 336 g/mol. The van der Waals surface area contributed by atoms with Crippen LogP contribution >= 0.6 is 0 Å². The van der Waals surface area contributed by atoms with Crippen LogP contribution in [0.2, 0.25) is 0 Å². The molecule has 0 unspecified atom stereocenters. The molecule has 1 fully saturated rings. The number of hydrogen-bond acceptors (Lipinski definition) is 2. The van der Waals surface area contributed by atoms with Crippen molar-refractivity contribution in [1.82, 2.24) is 4.57 Å². The molecule has 3 nitrogen and oxygen atoms in total. The maximum Gasteiger partial charge on any atom is 0.418 e. The molecular weight excluding hydrogens is 317 g/mol. The van der Waals surface area contributed by atoms with Gasteiger partial charge in [0.05, 0.1) is 12.1 Å². The van der Waals surface area contributed by atoms with Gasteiger partial charge in [0, 0.05) is 28.7 Å². The van der Waals surface area contributed by atoms with Gasteiger partial charge in [-0.3, -0.25) is 4.79 Å². The van der Waals surface area contributed by atoms with Crippen molar-refractivity contribution < 1.29 is 18.0 Å². The van der Waals surface area contributed by atoms with Gasteiger partial charge in [-0.25, -0.2) is 0 Å². The Balaban J connectivity index is 1.77. The van der Waals surface area contributed by atoms with E-state index in [1.54, 1.807) is 0 Å². The second-order valence-electron chi connectivity index (χ2n) is 6.21. The summed E-state index contributed by atoms with van der Waals surface area (Å²) < 4.78 is 41.1. The van der Waals surface area contributed by atoms with E-state index in [2.05, 4.69) is 9.88 Å². The second kappa shape index (κ2) is 6.00. The molecular formula is C18H19F3N2O. The number of aromatic nitrogens is 1. The number of carbonyl (C=O) groups is 1. The van der Waals surface area contributed by atoms with E-state index >= 15 is 0 Å². The van der Waals surface area contributed by atoms with Gasteiger partial charge in [0.2, 0.25) is 0 Å². The lowest BCUT2D eigenvalue weighted by molar-refractivity contribution is -0.136. The maximum absolute atomic E-state index is 13.0. The maximum atomic E-state index is 13.0. The summed E-state index contributed by atoms with van der Waals surface area (Å²) in [6.45, 7) is 3.68. The summed E-state index contributed by atoms with van der Waals surface area (Å²) >= 11 is 0. The average Bonchev–Trinajstić information content (AvgIpc) is 3.30. The Morgan fingerprint density at radius 2 is 1.92 bits per heavy atom. The quantitative estimate of drug-likeness (QED) is 0.799. The van der Waals surface area contributed by atoms with E-state index in [0.717, 1.165) is 30.3 Å². The summed E-state index contributed by atoms with van der Waals surface area (Å²) in [7, 11) is 0. The van der Waals surface area contributed by atoms with Crippen molar-refractivity contribution in [3.05, 3.63) is 52.8 Å². The first-order valence-corrected chi connectivity index (χ1v) is 7.90. The predicted octanol–water partition coefficient (Wildman–Crippen LogP) is 4.75. The number of halogens is 3. The van der Waals surface area contributed by atoms with Gasteiger partial charge in [-0.15, -0.1) is 0 Å². The normalized spacial score (nSPS) is 14.7.